The number of fused-ring (bicyclic) bond motifs is 1. The molecule has 0 amide bonds. The fourth-order valence-electron chi connectivity index (χ4n) is 2.00. The summed E-state index contributed by atoms with van der Waals surface area (Å²) in [5.41, 5.74) is 2.87. The monoisotopic (exact) mass is 621 g/mol. The van der Waals surface area contributed by atoms with Crippen molar-refractivity contribution in [1.82, 2.24) is 4.98 Å². The van der Waals surface area contributed by atoms with Crippen LogP contribution >= 0.6 is 76.2 Å². The van der Waals surface area contributed by atoms with Crippen LogP contribution in [-0.2, 0) is 0 Å². The van der Waals surface area contributed by atoms with Crippen LogP contribution in [0.2, 0.25) is 10.4 Å². The number of nitrogens with zero attached hydrogens (tertiary/aromatic N) is 1. The molecule has 0 aliphatic carbocycles. The molecule has 0 aliphatic heterocycles. The zero-order valence-corrected chi connectivity index (χ0v) is 21.5. The van der Waals surface area contributed by atoms with Crippen LogP contribution in [0.3, 0.4) is 0 Å². The SMILES string of the molecule is Cc1ccc2nc(Cl)[o+]c(-c3ccc(Cl)cc3)c2c1.[Cl][Sb-]([Cl])([Cl])([Cl])([Cl])[Cl]. The van der Waals surface area contributed by atoms with E-state index in [2.05, 4.69) is 4.98 Å². The van der Waals surface area contributed by atoms with E-state index in [9.17, 15) is 0 Å². The van der Waals surface area contributed by atoms with Crippen LogP contribution in [0.25, 0.3) is 22.2 Å². The molecule has 0 N–H and O–H groups in total. The molecule has 26 heavy (non-hydrogen) atoms. The number of hydrogen-bond acceptors (Lipinski definition) is 1. The first-order valence-corrected chi connectivity index (χ1v) is 27.0. The Hall–Kier alpha value is 0.918. The summed E-state index contributed by atoms with van der Waals surface area (Å²) in [7, 11) is 25.0. The van der Waals surface area contributed by atoms with E-state index in [1.54, 1.807) is 0 Å². The van der Waals surface area contributed by atoms with Gasteiger partial charge in [-0.1, -0.05) is 23.2 Å². The maximum atomic E-state index is 5.94. The molecule has 0 saturated heterocycles. The molecule has 0 radical (unpaired) electrons. The van der Waals surface area contributed by atoms with Crippen molar-refractivity contribution in [2.75, 3.05) is 0 Å². The number of aryl methyl sites for hydroxylation is 1. The average Bonchev–Trinajstić information content (AvgIpc) is 2.44. The Morgan fingerprint density at radius 1 is 0.846 bits per heavy atom. The Morgan fingerprint density at radius 2 is 1.38 bits per heavy atom. The van der Waals surface area contributed by atoms with Gasteiger partial charge in [-0.05, 0) is 43.3 Å². The third-order valence-corrected chi connectivity index (χ3v) is 3.31. The number of aromatic nitrogens is 1. The minimum absolute atomic E-state index is 0.126. The summed E-state index contributed by atoms with van der Waals surface area (Å²) >= 11 is 11.8. The topological polar surface area (TPSA) is 24.2 Å². The molecule has 2 nitrogen and oxygen atoms in total. The van der Waals surface area contributed by atoms with Gasteiger partial charge in [0.15, 0.2) is 0 Å². The summed E-state index contributed by atoms with van der Waals surface area (Å²) in [6.07, 6.45) is 0. The molecule has 0 unspecified atom stereocenters. The Morgan fingerprint density at radius 3 is 1.92 bits per heavy atom. The van der Waals surface area contributed by atoms with Crippen molar-refractivity contribution in [2.45, 2.75) is 6.92 Å². The third kappa shape index (κ3) is 8.95. The number of benzene rings is 2. The molecule has 3 rings (SSSR count). The Labute approximate surface area is 180 Å². The molecule has 0 bridgehead atoms. The quantitative estimate of drug-likeness (QED) is 0.199. The van der Waals surface area contributed by atoms with Gasteiger partial charge in [0.2, 0.25) is 0 Å². The zero-order chi connectivity index (χ0) is 19.8. The molecule has 1 aromatic heterocycles. The van der Waals surface area contributed by atoms with Gasteiger partial charge in [-0.3, -0.25) is 0 Å². The Kier molecular flexibility index (Phi) is 6.81. The van der Waals surface area contributed by atoms with Gasteiger partial charge in [0.1, 0.15) is 5.39 Å². The molecule has 11 heteroatoms. The van der Waals surface area contributed by atoms with E-state index < -0.39 is 9.14 Å². The van der Waals surface area contributed by atoms with E-state index in [0.29, 0.717) is 10.8 Å². The van der Waals surface area contributed by atoms with E-state index in [-0.39, 0.29) is 5.35 Å². The predicted octanol–water partition coefficient (Wildman–Crippen LogP) is 9.15. The average molecular weight is 626 g/mol. The summed E-state index contributed by atoms with van der Waals surface area (Å²) in [5, 5.41) is 1.75. The molecule has 1 heterocycles. The normalized spacial score (nSPS) is 14.2. The molecule has 0 spiro atoms. The van der Waals surface area contributed by atoms with Crippen molar-refractivity contribution in [3.05, 3.63) is 58.4 Å². The first kappa shape index (κ1) is 23.2. The first-order valence-electron chi connectivity index (χ1n) is 6.81. The summed E-state index contributed by atoms with van der Waals surface area (Å²) in [5.74, 6) is 0.704. The summed E-state index contributed by atoms with van der Waals surface area (Å²) < 4.78 is 5.58. The second-order valence-corrected chi connectivity index (χ2v) is 62.9. The molecule has 0 aliphatic rings. The molecule has 0 fully saturated rings. The minimum atomic E-state index is -5.42. The van der Waals surface area contributed by atoms with Gasteiger partial charge in [0.05, 0.1) is 11.1 Å². The van der Waals surface area contributed by atoms with Crippen molar-refractivity contribution >= 4 is 96.2 Å². The van der Waals surface area contributed by atoms with Crippen molar-refractivity contribution in [1.29, 1.82) is 0 Å². The molecule has 2 aromatic carbocycles. The van der Waals surface area contributed by atoms with E-state index in [1.165, 1.54) is 0 Å². The van der Waals surface area contributed by atoms with Gasteiger partial charge in [-0.2, -0.15) is 4.42 Å². The fraction of sp³-hybridized carbons (Fsp3) is 0.0667. The molecule has 0 saturated carbocycles. The van der Waals surface area contributed by atoms with E-state index in [0.717, 1.165) is 22.0 Å². The van der Waals surface area contributed by atoms with Crippen LogP contribution in [-0.4, -0.2) is 14.1 Å². The zero-order valence-electron chi connectivity index (χ0n) is 12.9. The van der Waals surface area contributed by atoms with Crippen molar-refractivity contribution in [3.8, 4) is 11.3 Å². The van der Waals surface area contributed by atoms with Gasteiger partial charge in [0.25, 0.3) is 0 Å². The van der Waals surface area contributed by atoms with Crippen LogP contribution in [0.4, 0.5) is 0 Å². The predicted molar refractivity (Wildman–Crippen MR) is 119 cm³/mol. The van der Waals surface area contributed by atoms with Crippen LogP contribution in [0.15, 0.2) is 46.9 Å². The summed E-state index contributed by atoms with van der Waals surface area (Å²) in [6, 6.07) is 13.4. The number of hydrogen-bond donors (Lipinski definition) is 0. The Bertz CT molecular complexity index is 944. The summed E-state index contributed by atoms with van der Waals surface area (Å²) in [6.45, 7) is 2.03. The first-order chi connectivity index (χ1) is 11.6. The second kappa shape index (κ2) is 7.63. The molecule has 0 atom stereocenters. The van der Waals surface area contributed by atoms with Gasteiger partial charge in [-0.15, -0.1) is 4.98 Å². The van der Waals surface area contributed by atoms with Crippen LogP contribution in [0.1, 0.15) is 5.56 Å². The van der Waals surface area contributed by atoms with E-state index >= 15 is 0 Å². The van der Waals surface area contributed by atoms with E-state index in [1.807, 2.05) is 49.4 Å². The molecular formula is C15H10Cl8NOSb. The van der Waals surface area contributed by atoms with Crippen LogP contribution in [0.5, 0.6) is 0 Å². The van der Waals surface area contributed by atoms with Crippen molar-refractivity contribution in [2.24, 2.45) is 0 Å². The molecule has 142 valence electrons. The standard InChI is InChI=1S/C15H10Cl2NO.6ClH.Sb/c1-9-2-7-13-12(8-9)14(19-15(17)18-13)10-3-5-11(16)6-4-10;;;;;;;/h2-8H,1H3;6*1H;/q+1;;;;;;;+5/p-6. The van der Waals surface area contributed by atoms with Gasteiger partial charge in [0, 0.05) is 16.6 Å². The summed E-state index contributed by atoms with van der Waals surface area (Å²) in [4.78, 5) is 4.19. The van der Waals surface area contributed by atoms with Crippen LogP contribution in [0, 0.1) is 6.92 Å². The van der Waals surface area contributed by atoms with Gasteiger partial charge >= 0.3 is 73.2 Å². The van der Waals surface area contributed by atoms with Gasteiger partial charge < -0.3 is 0 Å². The van der Waals surface area contributed by atoms with Crippen LogP contribution < -0.4 is 0 Å². The maximum absolute atomic E-state index is 5.94. The fourth-order valence-corrected chi connectivity index (χ4v) is 2.30. The third-order valence-electron chi connectivity index (χ3n) is 2.90. The van der Waals surface area contributed by atoms with Gasteiger partial charge in [-0.25, -0.2) is 0 Å². The number of rotatable bonds is 1. The van der Waals surface area contributed by atoms with E-state index in [4.69, 9.17) is 80.6 Å². The second-order valence-electron chi connectivity index (χ2n) is 5.28. The molecule has 3 aromatic rings. The Balaban J connectivity index is 0.000000298. The van der Waals surface area contributed by atoms with Crippen molar-refractivity contribution < 1.29 is 4.42 Å². The van der Waals surface area contributed by atoms with Crippen molar-refractivity contribution in [3.63, 3.8) is 0 Å². The molecular weight excluding hydrogens is 616 g/mol. The number of halogens is 8.